The molecule has 0 fully saturated rings. The largest absolute Gasteiger partial charge is 0.384 e. The topological polar surface area (TPSA) is 208 Å². The van der Waals surface area contributed by atoms with Crippen LogP contribution in [0.3, 0.4) is 0 Å². The van der Waals surface area contributed by atoms with Crippen molar-refractivity contribution in [2.24, 2.45) is 10.7 Å². The number of benzene rings is 4. The molecule has 20 heteroatoms. The number of amides is 4. The van der Waals surface area contributed by atoms with Crippen LogP contribution >= 0.6 is 69.6 Å². The summed E-state index contributed by atoms with van der Waals surface area (Å²) in [5.41, 5.74) is 8.13. The molecule has 14 nitrogen and oxygen atoms in total. The van der Waals surface area contributed by atoms with Crippen LogP contribution in [-0.2, 0) is 0 Å². The summed E-state index contributed by atoms with van der Waals surface area (Å²) in [6.07, 6.45) is 2.79. The quantitative estimate of drug-likeness (QED) is 0.0573. The highest BCUT2D eigenvalue weighted by molar-refractivity contribution is 6.39. The fourth-order valence-corrected chi connectivity index (χ4v) is 6.66. The summed E-state index contributed by atoms with van der Waals surface area (Å²) in [6.45, 7) is 0. The molecule has 4 amide bonds. The van der Waals surface area contributed by atoms with Crippen molar-refractivity contribution in [1.29, 1.82) is 5.41 Å². The highest BCUT2D eigenvalue weighted by Gasteiger charge is 2.21. The number of aromatic nitrogens is 2. The first-order valence-electron chi connectivity index (χ1n) is 18.1. The molecule has 0 atom stereocenters. The summed E-state index contributed by atoms with van der Waals surface area (Å²) in [5, 5.41) is 20.1. The molecule has 0 aliphatic heterocycles. The summed E-state index contributed by atoms with van der Waals surface area (Å²) < 4.78 is 0. The van der Waals surface area contributed by atoms with Crippen molar-refractivity contribution in [1.82, 2.24) is 14.9 Å². The Labute approximate surface area is 406 Å². The SMILES string of the molecule is C.C.CN(C)C(=N)c1ccc(C(=O)Nc2c(Cl)cc(Cl)cc2C(=O)Nc2ccc(Cl)cn2)cc1.CN=C(N)c1ccc(C(=O)Nc2c(Cl)cc(Cl)cc2C(=O)Nc2ccc(Cl)cn2)cc1. The van der Waals surface area contributed by atoms with Gasteiger partial charge in [-0.05, 0) is 72.8 Å². The van der Waals surface area contributed by atoms with Crippen molar-refractivity contribution in [2.45, 2.75) is 14.9 Å². The van der Waals surface area contributed by atoms with E-state index in [4.69, 9.17) is 80.7 Å². The Kier molecular flexibility index (Phi) is 19.7. The monoisotopic (exact) mass is 996 g/mol. The van der Waals surface area contributed by atoms with Gasteiger partial charge in [0.1, 0.15) is 23.3 Å². The van der Waals surface area contributed by atoms with Gasteiger partial charge in [0.2, 0.25) is 0 Å². The maximum atomic E-state index is 12.8. The van der Waals surface area contributed by atoms with Crippen molar-refractivity contribution >= 4 is 128 Å². The molecule has 65 heavy (non-hydrogen) atoms. The molecule has 0 saturated carbocycles. The Morgan fingerprint density at radius 3 is 1.25 bits per heavy atom. The standard InChI is InChI=1S/C22H18Cl3N5O2.C21H16Cl3N5O2.2CH4/c1-30(2)20(26)12-3-5-13(6-4-12)21(31)29-19-16(9-15(24)10-17(19)25)22(32)28-18-8-7-14(23)11-27-18;1-26-19(25)11-2-4-12(5-3-11)20(30)29-18-15(8-14(23)9-16(18)24)21(31)28-17-7-6-13(22)10-27-17;;/h3-11,26H,1-2H3,(H,29,31)(H,27,28,32);2-10H,1H3,(H2,25,26)(H,29,30)(H,27,28,31);2*1H4. The van der Waals surface area contributed by atoms with Crippen LogP contribution in [0.1, 0.15) is 67.4 Å². The minimum absolute atomic E-state index is 0. The highest BCUT2D eigenvalue weighted by atomic mass is 35.5. The number of anilines is 4. The summed E-state index contributed by atoms with van der Waals surface area (Å²) in [6, 6.07) is 24.9. The van der Waals surface area contributed by atoms with E-state index in [0.717, 1.165) is 0 Å². The van der Waals surface area contributed by atoms with E-state index in [-0.39, 0.29) is 69.1 Å². The molecule has 338 valence electrons. The van der Waals surface area contributed by atoms with Crippen molar-refractivity contribution in [3.63, 3.8) is 0 Å². The molecule has 2 aromatic heterocycles. The molecule has 6 aromatic rings. The Hall–Kier alpha value is -6.26. The minimum atomic E-state index is -0.561. The second-order valence-electron chi connectivity index (χ2n) is 13.2. The van der Waals surface area contributed by atoms with Crippen LogP contribution in [0.4, 0.5) is 23.0 Å². The Balaban J connectivity index is 0.000000335. The third kappa shape index (κ3) is 14.4. The average Bonchev–Trinajstić information content (AvgIpc) is 3.26. The maximum absolute atomic E-state index is 12.8. The van der Waals surface area contributed by atoms with Gasteiger partial charge in [-0.3, -0.25) is 29.6 Å². The number of nitrogens with zero attached hydrogens (tertiary/aromatic N) is 4. The van der Waals surface area contributed by atoms with E-state index < -0.39 is 23.6 Å². The van der Waals surface area contributed by atoms with E-state index in [0.29, 0.717) is 44.0 Å². The number of halogens is 6. The molecule has 6 rings (SSSR count). The van der Waals surface area contributed by atoms with Crippen molar-refractivity contribution in [3.05, 3.63) is 173 Å². The minimum Gasteiger partial charge on any atom is -0.384 e. The molecule has 4 aromatic carbocycles. The van der Waals surface area contributed by atoms with Crippen LogP contribution in [0.5, 0.6) is 0 Å². The van der Waals surface area contributed by atoms with Crippen LogP contribution in [0.25, 0.3) is 0 Å². The van der Waals surface area contributed by atoms with Gasteiger partial charge < -0.3 is 31.9 Å². The molecule has 0 bridgehead atoms. The number of hydrogen-bond donors (Lipinski definition) is 6. The summed E-state index contributed by atoms with van der Waals surface area (Å²) >= 11 is 36.3. The normalized spacial score (nSPS) is 10.4. The van der Waals surface area contributed by atoms with E-state index in [1.807, 2.05) is 0 Å². The van der Waals surface area contributed by atoms with Gasteiger partial charge in [-0.15, -0.1) is 0 Å². The number of pyridine rings is 2. The zero-order valence-electron chi connectivity index (χ0n) is 33.2. The Morgan fingerprint density at radius 2 is 0.908 bits per heavy atom. The van der Waals surface area contributed by atoms with Crippen LogP contribution < -0.4 is 27.0 Å². The molecule has 0 radical (unpaired) electrons. The predicted molar refractivity (Wildman–Crippen MR) is 267 cm³/mol. The number of hydrogen-bond acceptors (Lipinski definition) is 8. The fourth-order valence-electron chi connectivity index (χ4n) is 5.36. The van der Waals surface area contributed by atoms with Gasteiger partial charge in [-0.2, -0.15) is 0 Å². The summed E-state index contributed by atoms with van der Waals surface area (Å²) in [4.78, 5) is 64.8. The van der Waals surface area contributed by atoms with E-state index in [1.165, 1.54) is 48.8 Å². The van der Waals surface area contributed by atoms with Crippen LogP contribution in [0.15, 0.2) is 114 Å². The smallest absolute Gasteiger partial charge is 0.259 e. The first kappa shape index (κ1) is 53.1. The number of nitrogens with one attached hydrogen (secondary N) is 5. The van der Waals surface area contributed by atoms with Gasteiger partial charge in [0.15, 0.2) is 0 Å². The van der Waals surface area contributed by atoms with Gasteiger partial charge >= 0.3 is 0 Å². The molecule has 2 heterocycles. The molecule has 0 aliphatic carbocycles. The fraction of sp³-hybridized carbons (Fsp3) is 0.111. The van der Waals surface area contributed by atoms with E-state index in [1.54, 1.807) is 86.7 Å². The first-order valence-corrected chi connectivity index (χ1v) is 20.4. The number of rotatable bonds is 10. The van der Waals surface area contributed by atoms with Crippen molar-refractivity contribution in [3.8, 4) is 0 Å². The lowest BCUT2D eigenvalue weighted by Crippen LogP contribution is -2.22. The number of amidine groups is 2. The maximum Gasteiger partial charge on any atom is 0.259 e. The van der Waals surface area contributed by atoms with Gasteiger partial charge in [0.05, 0.1) is 42.6 Å². The molecule has 0 saturated heterocycles. The second kappa shape index (κ2) is 24.1. The summed E-state index contributed by atoms with van der Waals surface area (Å²) in [7, 11) is 5.10. The van der Waals surface area contributed by atoms with Gasteiger partial charge in [0.25, 0.3) is 23.6 Å². The average molecular weight is 1000 g/mol. The zero-order chi connectivity index (χ0) is 46.0. The molecule has 0 aliphatic rings. The Bertz CT molecular complexity index is 2720. The molecule has 7 N–H and O–H groups in total. The lowest BCUT2D eigenvalue weighted by molar-refractivity contribution is 0.101. The third-order valence-corrected chi connectivity index (χ3v) is 10.0. The van der Waals surface area contributed by atoms with Crippen molar-refractivity contribution < 1.29 is 19.2 Å². The van der Waals surface area contributed by atoms with Crippen LogP contribution in [0.2, 0.25) is 30.1 Å². The Morgan fingerprint density at radius 1 is 0.538 bits per heavy atom. The first-order chi connectivity index (χ1) is 29.9. The van der Waals surface area contributed by atoms with E-state index >= 15 is 0 Å². The lowest BCUT2D eigenvalue weighted by Gasteiger charge is -2.15. The van der Waals surface area contributed by atoms with Crippen molar-refractivity contribution in [2.75, 3.05) is 42.4 Å². The second-order valence-corrected chi connectivity index (χ2v) is 15.7. The highest BCUT2D eigenvalue weighted by Crippen LogP contribution is 2.33. The van der Waals surface area contributed by atoms with Crippen LogP contribution in [0, 0.1) is 5.41 Å². The molecular formula is C45H42Cl6N10O4. The van der Waals surface area contributed by atoms with Gasteiger partial charge in [-0.25, -0.2) is 9.97 Å². The lowest BCUT2D eigenvalue weighted by atomic mass is 10.1. The van der Waals surface area contributed by atoms with E-state index in [2.05, 4.69) is 36.2 Å². The number of aliphatic imine (C=N–C) groups is 1. The van der Waals surface area contributed by atoms with Gasteiger partial charge in [-0.1, -0.05) is 109 Å². The molecule has 0 unspecified atom stereocenters. The predicted octanol–water partition coefficient (Wildman–Crippen LogP) is 11.6. The third-order valence-electron chi connectivity index (χ3n) is 8.57. The van der Waals surface area contributed by atoms with Gasteiger partial charge in [0, 0.05) is 65.8 Å². The van der Waals surface area contributed by atoms with E-state index in [9.17, 15) is 19.2 Å². The number of carbonyl (C=O) groups excluding carboxylic acids is 4. The zero-order valence-corrected chi connectivity index (χ0v) is 37.7. The molecule has 0 spiro atoms. The molecular weight excluding hydrogens is 957 g/mol. The summed E-state index contributed by atoms with van der Waals surface area (Å²) in [5.74, 6) is -0.862. The number of carbonyl (C=O) groups is 4. The number of nitrogens with two attached hydrogens (primary N) is 1. The van der Waals surface area contributed by atoms with Crippen LogP contribution in [-0.4, -0.2) is 71.3 Å².